The molecule has 1 atom stereocenters. The van der Waals surface area contributed by atoms with Gasteiger partial charge in [-0.25, -0.2) is 14.2 Å². The first kappa shape index (κ1) is 15.9. The Balaban J connectivity index is 1.59. The van der Waals surface area contributed by atoms with Gasteiger partial charge in [0, 0.05) is 6.54 Å². The van der Waals surface area contributed by atoms with Gasteiger partial charge in [0.25, 0.3) is 0 Å². The van der Waals surface area contributed by atoms with Gasteiger partial charge in [-0.15, -0.1) is 0 Å². The minimum atomic E-state index is -0.317. The van der Waals surface area contributed by atoms with Crippen molar-refractivity contribution in [1.29, 1.82) is 0 Å². The summed E-state index contributed by atoms with van der Waals surface area (Å²) < 4.78 is 13.4. The predicted molar refractivity (Wildman–Crippen MR) is 95.2 cm³/mol. The summed E-state index contributed by atoms with van der Waals surface area (Å²) in [6, 6.07) is 11.1. The number of rotatable bonds is 2. The Morgan fingerprint density at radius 2 is 2.16 bits per heavy atom. The van der Waals surface area contributed by atoms with Crippen LogP contribution in [0.2, 0.25) is 5.02 Å². The number of halogens is 2. The minimum absolute atomic E-state index is 0.169. The van der Waals surface area contributed by atoms with E-state index in [0.29, 0.717) is 34.1 Å². The molecule has 1 fully saturated rings. The predicted octanol–water partition coefficient (Wildman–Crippen LogP) is 4.72. The largest absolute Gasteiger partial charge is 0.340 e. The molecule has 1 unspecified atom stereocenters. The summed E-state index contributed by atoms with van der Waals surface area (Å²) in [5.74, 6) is 0.356. The van der Waals surface area contributed by atoms with Gasteiger partial charge in [0.05, 0.1) is 27.8 Å². The molecule has 0 saturated carbocycles. The topological polar surface area (TPSA) is 61.0 Å². The lowest BCUT2D eigenvalue weighted by atomic mass is 10.2. The van der Waals surface area contributed by atoms with Crippen molar-refractivity contribution >= 4 is 34.4 Å². The lowest BCUT2D eigenvalue weighted by Crippen LogP contribution is -2.34. The normalized spacial score (nSPS) is 17.2. The average Bonchev–Trinajstić information content (AvgIpc) is 3.22. The van der Waals surface area contributed by atoms with Crippen molar-refractivity contribution in [1.82, 2.24) is 14.9 Å². The smallest absolute Gasteiger partial charge is 0.322 e. The molecule has 1 aromatic heterocycles. The number of benzene rings is 2. The van der Waals surface area contributed by atoms with E-state index >= 15 is 0 Å². The third kappa shape index (κ3) is 3.05. The zero-order chi connectivity index (χ0) is 17.4. The van der Waals surface area contributed by atoms with Crippen LogP contribution in [-0.2, 0) is 0 Å². The second kappa shape index (κ2) is 6.37. The van der Waals surface area contributed by atoms with Gasteiger partial charge in [-0.3, -0.25) is 0 Å². The Kier molecular flexibility index (Phi) is 4.05. The van der Waals surface area contributed by atoms with Crippen LogP contribution in [0.4, 0.5) is 14.9 Å². The highest BCUT2D eigenvalue weighted by molar-refractivity contribution is 6.33. The lowest BCUT2D eigenvalue weighted by molar-refractivity contribution is 0.205. The SMILES string of the molecule is O=C(Nc1ccccc1Cl)N1CCCC1c1nc2ccc(F)cc2[nH]1. The number of nitrogens with one attached hydrogen (secondary N) is 2. The summed E-state index contributed by atoms with van der Waals surface area (Å²) in [6.07, 6.45) is 1.68. The second-order valence-corrected chi connectivity index (χ2v) is 6.45. The van der Waals surface area contributed by atoms with Crippen LogP contribution >= 0.6 is 11.6 Å². The monoisotopic (exact) mass is 358 g/mol. The van der Waals surface area contributed by atoms with Crippen molar-refractivity contribution in [2.75, 3.05) is 11.9 Å². The number of aromatic nitrogens is 2. The average molecular weight is 359 g/mol. The number of para-hydroxylation sites is 1. The maximum Gasteiger partial charge on any atom is 0.322 e. The molecule has 2 N–H and O–H groups in total. The van der Waals surface area contributed by atoms with E-state index in [9.17, 15) is 9.18 Å². The fourth-order valence-corrected chi connectivity index (χ4v) is 3.39. The molecule has 4 rings (SSSR count). The van der Waals surface area contributed by atoms with Crippen molar-refractivity contribution in [3.05, 3.63) is 59.1 Å². The third-order valence-corrected chi connectivity index (χ3v) is 4.74. The molecule has 1 aliphatic rings. The molecule has 0 spiro atoms. The molecule has 1 aliphatic heterocycles. The molecular weight excluding hydrogens is 343 g/mol. The van der Waals surface area contributed by atoms with E-state index in [1.807, 2.05) is 12.1 Å². The number of hydrogen-bond acceptors (Lipinski definition) is 2. The van der Waals surface area contributed by atoms with Gasteiger partial charge in [-0.05, 0) is 43.2 Å². The zero-order valence-electron chi connectivity index (χ0n) is 13.3. The number of carbonyl (C=O) groups excluding carboxylic acids is 1. The van der Waals surface area contributed by atoms with Crippen molar-refractivity contribution < 1.29 is 9.18 Å². The Labute approximate surface area is 148 Å². The number of H-pyrrole nitrogens is 1. The highest BCUT2D eigenvalue weighted by atomic mass is 35.5. The maximum atomic E-state index is 13.4. The summed E-state index contributed by atoms with van der Waals surface area (Å²) in [7, 11) is 0. The van der Waals surface area contributed by atoms with Gasteiger partial charge in [0.2, 0.25) is 0 Å². The van der Waals surface area contributed by atoms with Crippen LogP contribution in [-0.4, -0.2) is 27.4 Å². The fraction of sp³-hybridized carbons (Fsp3) is 0.222. The summed E-state index contributed by atoms with van der Waals surface area (Å²) >= 11 is 6.11. The fourth-order valence-electron chi connectivity index (χ4n) is 3.20. The Hall–Kier alpha value is -2.60. The maximum absolute atomic E-state index is 13.4. The van der Waals surface area contributed by atoms with Crippen LogP contribution in [0.1, 0.15) is 24.7 Å². The number of imidazole rings is 1. The van der Waals surface area contributed by atoms with Gasteiger partial charge in [0.15, 0.2) is 0 Å². The molecule has 0 bridgehead atoms. The van der Waals surface area contributed by atoms with Crippen LogP contribution in [0.15, 0.2) is 42.5 Å². The van der Waals surface area contributed by atoms with E-state index in [-0.39, 0.29) is 17.9 Å². The first-order chi connectivity index (χ1) is 12.1. The number of likely N-dealkylation sites (tertiary alicyclic amines) is 1. The van der Waals surface area contributed by atoms with E-state index in [4.69, 9.17) is 11.6 Å². The lowest BCUT2D eigenvalue weighted by Gasteiger charge is -2.23. The number of nitrogens with zero attached hydrogens (tertiary/aromatic N) is 2. The van der Waals surface area contributed by atoms with Gasteiger partial charge >= 0.3 is 6.03 Å². The van der Waals surface area contributed by atoms with E-state index in [2.05, 4.69) is 15.3 Å². The highest BCUT2D eigenvalue weighted by Crippen LogP contribution is 2.32. The van der Waals surface area contributed by atoms with Gasteiger partial charge in [-0.1, -0.05) is 23.7 Å². The molecule has 2 aromatic carbocycles. The Bertz CT molecular complexity index is 942. The molecule has 7 heteroatoms. The molecule has 0 aliphatic carbocycles. The second-order valence-electron chi connectivity index (χ2n) is 6.04. The number of amides is 2. The summed E-state index contributed by atoms with van der Waals surface area (Å²) in [4.78, 5) is 22.1. The Morgan fingerprint density at radius 1 is 1.32 bits per heavy atom. The van der Waals surface area contributed by atoms with Crippen molar-refractivity contribution in [2.24, 2.45) is 0 Å². The van der Waals surface area contributed by atoms with Crippen LogP contribution in [0.3, 0.4) is 0 Å². The van der Waals surface area contributed by atoms with Crippen LogP contribution < -0.4 is 5.32 Å². The number of carbonyl (C=O) groups is 1. The van der Waals surface area contributed by atoms with Gasteiger partial charge < -0.3 is 15.2 Å². The Morgan fingerprint density at radius 3 is 3.00 bits per heavy atom. The molecule has 2 amide bonds. The molecule has 2 heterocycles. The quantitative estimate of drug-likeness (QED) is 0.696. The number of hydrogen-bond donors (Lipinski definition) is 2. The number of aromatic amines is 1. The van der Waals surface area contributed by atoms with E-state index < -0.39 is 0 Å². The van der Waals surface area contributed by atoms with Crippen LogP contribution in [0.25, 0.3) is 11.0 Å². The first-order valence-electron chi connectivity index (χ1n) is 8.09. The number of fused-ring (bicyclic) bond motifs is 1. The first-order valence-corrected chi connectivity index (χ1v) is 8.47. The standard InChI is InChI=1S/C18H16ClFN4O/c19-12-4-1-2-5-13(12)23-18(25)24-9-3-6-16(24)17-21-14-8-7-11(20)10-15(14)22-17/h1-2,4-5,7-8,10,16H,3,6,9H2,(H,21,22)(H,23,25). The van der Waals surface area contributed by atoms with Crippen LogP contribution in [0.5, 0.6) is 0 Å². The van der Waals surface area contributed by atoms with Gasteiger partial charge in [-0.2, -0.15) is 0 Å². The third-order valence-electron chi connectivity index (χ3n) is 4.41. The minimum Gasteiger partial charge on any atom is -0.340 e. The van der Waals surface area contributed by atoms with Crippen LogP contribution in [0, 0.1) is 5.82 Å². The van der Waals surface area contributed by atoms with Crippen molar-refractivity contribution in [3.63, 3.8) is 0 Å². The molecule has 25 heavy (non-hydrogen) atoms. The number of anilines is 1. The number of urea groups is 1. The summed E-state index contributed by atoms with van der Waals surface area (Å²) in [5, 5.41) is 3.34. The molecule has 5 nitrogen and oxygen atoms in total. The van der Waals surface area contributed by atoms with E-state index in [1.165, 1.54) is 12.1 Å². The van der Waals surface area contributed by atoms with Crippen molar-refractivity contribution in [2.45, 2.75) is 18.9 Å². The van der Waals surface area contributed by atoms with Crippen molar-refractivity contribution in [3.8, 4) is 0 Å². The summed E-state index contributed by atoms with van der Waals surface area (Å²) in [5.41, 5.74) is 1.90. The molecule has 128 valence electrons. The molecule has 1 saturated heterocycles. The van der Waals surface area contributed by atoms with Gasteiger partial charge in [0.1, 0.15) is 11.6 Å². The van der Waals surface area contributed by atoms with E-state index in [0.717, 1.165) is 12.8 Å². The zero-order valence-corrected chi connectivity index (χ0v) is 14.1. The molecule has 3 aromatic rings. The molecule has 0 radical (unpaired) electrons. The van der Waals surface area contributed by atoms with E-state index in [1.54, 1.807) is 23.1 Å². The highest BCUT2D eigenvalue weighted by Gasteiger charge is 2.32. The molecular formula is C18H16ClFN4O. The summed E-state index contributed by atoms with van der Waals surface area (Å²) in [6.45, 7) is 0.631.